The molecule has 1 aliphatic rings. The van der Waals surface area contributed by atoms with E-state index in [1.54, 1.807) is 0 Å². The summed E-state index contributed by atoms with van der Waals surface area (Å²) >= 11 is 12.6. The fourth-order valence-electron chi connectivity index (χ4n) is 0.413. The van der Waals surface area contributed by atoms with Crippen molar-refractivity contribution in [2.75, 3.05) is 0 Å². The van der Waals surface area contributed by atoms with Gasteiger partial charge in [0.25, 0.3) is 0 Å². The highest BCUT2D eigenvalue weighted by Crippen LogP contribution is 2.52. The van der Waals surface area contributed by atoms with Gasteiger partial charge in [0.15, 0.2) is 3.23 Å². The zero-order chi connectivity index (χ0) is 7.23. The highest BCUT2D eigenvalue weighted by Gasteiger charge is 2.48. The number of ketones is 1. The lowest BCUT2D eigenvalue weighted by Crippen LogP contribution is -2.35. The van der Waals surface area contributed by atoms with E-state index in [1.807, 2.05) is 0 Å². The maximum atomic E-state index is 10.9. The van der Waals surface area contributed by atoms with Crippen LogP contribution in [0.2, 0.25) is 0 Å². The second-order valence-electron chi connectivity index (χ2n) is 1.53. The van der Waals surface area contributed by atoms with E-state index < -0.39 is 3.23 Å². The van der Waals surface area contributed by atoms with Crippen LogP contribution in [0.25, 0.3) is 0 Å². The summed E-state index contributed by atoms with van der Waals surface area (Å²) < 4.78 is 0.745. The molecule has 0 amide bonds. The Labute approximate surface area is 85.8 Å². The molecule has 0 atom stereocenters. The lowest BCUT2D eigenvalue weighted by atomic mass is 10.1. The van der Waals surface area contributed by atoms with E-state index in [4.69, 9.17) is 0 Å². The lowest BCUT2D eigenvalue weighted by molar-refractivity contribution is -0.115. The van der Waals surface area contributed by atoms with Crippen LogP contribution in [-0.2, 0) is 4.79 Å². The summed E-state index contributed by atoms with van der Waals surface area (Å²) in [6.45, 7) is 0. The molecule has 0 aromatic rings. The van der Waals surface area contributed by atoms with Crippen LogP contribution in [-0.4, -0.2) is 9.02 Å². The Hall–Kier alpha value is 1.33. The summed E-state index contributed by atoms with van der Waals surface area (Å²) in [6, 6.07) is 0. The van der Waals surface area contributed by atoms with E-state index in [0.717, 1.165) is 4.48 Å². The monoisotopic (exact) mass is 380 g/mol. The number of rotatable bonds is 0. The largest absolute Gasteiger partial charge is 0.291 e. The van der Waals surface area contributed by atoms with E-state index in [9.17, 15) is 4.79 Å². The van der Waals surface area contributed by atoms with Crippen LogP contribution in [0.3, 0.4) is 0 Å². The van der Waals surface area contributed by atoms with Gasteiger partial charge in [-0.25, -0.2) is 0 Å². The van der Waals surface area contributed by atoms with Gasteiger partial charge in [-0.1, -0.05) is 47.8 Å². The van der Waals surface area contributed by atoms with Gasteiger partial charge >= 0.3 is 0 Å². The van der Waals surface area contributed by atoms with Gasteiger partial charge in [0.2, 0.25) is 5.78 Å². The molecule has 0 bridgehead atoms. The first-order valence-electron chi connectivity index (χ1n) is 1.96. The molecule has 0 spiro atoms. The van der Waals surface area contributed by atoms with E-state index in [1.165, 1.54) is 0 Å². The highest BCUT2D eigenvalue weighted by molar-refractivity contribution is 9.27. The minimum absolute atomic E-state index is 0.00868. The van der Waals surface area contributed by atoms with E-state index in [-0.39, 0.29) is 5.78 Å². The van der Waals surface area contributed by atoms with Crippen molar-refractivity contribution in [3.8, 4) is 0 Å². The first-order chi connectivity index (χ1) is 3.98. The number of carbonyl (C=O) groups is 1. The Kier molecular flexibility index (Phi) is 2.27. The Bertz CT molecular complexity index is 205. The Balaban J connectivity index is 3.06. The SMILES string of the molecule is O=C1C(Br)=C(Br)C1(Br)Br. The van der Waals surface area contributed by atoms with Crippen molar-refractivity contribution in [3.05, 3.63) is 8.96 Å². The minimum atomic E-state index is -0.654. The molecule has 50 valence electrons. The third kappa shape index (κ3) is 1.10. The first kappa shape index (κ1) is 8.43. The van der Waals surface area contributed by atoms with E-state index in [0.29, 0.717) is 4.48 Å². The van der Waals surface area contributed by atoms with Gasteiger partial charge in [-0.3, -0.25) is 4.79 Å². The van der Waals surface area contributed by atoms with Crippen LogP contribution in [0.5, 0.6) is 0 Å². The lowest BCUT2D eigenvalue weighted by Gasteiger charge is -2.28. The normalized spacial score (nSPS) is 24.2. The van der Waals surface area contributed by atoms with Crippen molar-refractivity contribution in [2.45, 2.75) is 3.23 Å². The summed E-state index contributed by atoms with van der Waals surface area (Å²) in [5.74, 6) is 0.00868. The predicted molar refractivity (Wildman–Crippen MR) is 50.5 cm³/mol. The van der Waals surface area contributed by atoms with Gasteiger partial charge < -0.3 is 0 Å². The van der Waals surface area contributed by atoms with Gasteiger partial charge in [-0.2, -0.15) is 0 Å². The topological polar surface area (TPSA) is 17.1 Å². The average molecular weight is 384 g/mol. The fraction of sp³-hybridized carbons (Fsp3) is 0.250. The minimum Gasteiger partial charge on any atom is -0.291 e. The number of hydrogen-bond acceptors (Lipinski definition) is 1. The molecule has 9 heavy (non-hydrogen) atoms. The third-order valence-electron chi connectivity index (χ3n) is 0.953. The number of hydrogen-bond donors (Lipinski definition) is 0. The molecule has 0 saturated carbocycles. The van der Waals surface area contributed by atoms with Crippen LogP contribution < -0.4 is 0 Å². The van der Waals surface area contributed by atoms with Crippen molar-refractivity contribution in [2.24, 2.45) is 0 Å². The molecule has 0 radical (unpaired) electrons. The Morgan fingerprint density at radius 2 is 1.67 bits per heavy atom. The molecule has 0 fully saturated rings. The smallest absolute Gasteiger partial charge is 0.203 e. The van der Waals surface area contributed by atoms with Crippen LogP contribution >= 0.6 is 63.7 Å². The molecule has 1 rings (SSSR count). The number of carbonyl (C=O) groups excluding carboxylic acids is 1. The van der Waals surface area contributed by atoms with Crippen molar-refractivity contribution < 1.29 is 4.79 Å². The van der Waals surface area contributed by atoms with Gasteiger partial charge in [0.1, 0.15) is 0 Å². The number of alkyl halides is 2. The summed E-state index contributed by atoms with van der Waals surface area (Å²) in [6.07, 6.45) is 0. The molecule has 0 N–H and O–H groups in total. The van der Waals surface area contributed by atoms with Crippen LogP contribution in [0.4, 0.5) is 0 Å². The molecule has 0 aromatic carbocycles. The number of halogens is 4. The van der Waals surface area contributed by atoms with Crippen LogP contribution in [0, 0.1) is 0 Å². The average Bonchev–Trinajstić information content (AvgIpc) is 1.84. The van der Waals surface area contributed by atoms with Crippen LogP contribution in [0.1, 0.15) is 0 Å². The van der Waals surface area contributed by atoms with Crippen molar-refractivity contribution in [3.63, 3.8) is 0 Å². The van der Waals surface area contributed by atoms with Crippen molar-refractivity contribution >= 4 is 69.5 Å². The molecule has 0 aliphatic heterocycles. The van der Waals surface area contributed by atoms with Gasteiger partial charge in [0.05, 0.1) is 4.48 Å². The molecule has 0 aromatic heterocycles. The quantitative estimate of drug-likeness (QED) is 0.588. The fourth-order valence-corrected chi connectivity index (χ4v) is 3.22. The van der Waals surface area contributed by atoms with Gasteiger partial charge in [-0.15, -0.1) is 0 Å². The zero-order valence-electron chi connectivity index (χ0n) is 3.92. The number of allylic oxidation sites excluding steroid dienone is 2. The summed E-state index contributed by atoms with van der Waals surface area (Å²) in [4.78, 5) is 10.9. The second kappa shape index (κ2) is 2.43. The molecule has 1 nitrogen and oxygen atoms in total. The molecular weight excluding hydrogens is 384 g/mol. The second-order valence-corrected chi connectivity index (χ2v) is 6.56. The van der Waals surface area contributed by atoms with Gasteiger partial charge in [-0.05, 0) is 15.9 Å². The highest BCUT2D eigenvalue weighted by atomic mass is 79.9. The van der Waals surface area contributed by atoms with Gasteiger partial charge in [0, 0.05) is 4.48 Å². The summed E-state index contributed by atoms with van der Waals surface area (Å²) in [5, 5.41) is 0. The molecule has 1 aliphatic carbocycles. The maximum Gasteiger partial charge on any atom is 0.203 e. The van der Waals surface area contributed by atoms with Crippen molar-refractivity contribution in [1.82, 2.24) is 0 Å². The Morgan fingerprint density at radius 1 is 1.22 bits per heavy atom. The molecule has 0 heterocycles. The number of Topliss-reactive ketones (excluding diaryl/α,β-unsaturated/α-hetero) is 1. The summed E-state index contributed by atoms with van der Waals surface area (Å²) in [7, 11) is 0. The predicted octanol–water partition coefficient (Wildman–Crippen LogP) is 3.06. The third-order valence-corrected chi connectivity index (χ3v) is 5.81. The van der Waals surface area contributed by atoms with Crippen molar-refractivity contribution in [1.29, 1.82) is 0 Å². The maximum absolute atomic E-state index is 10.9. The standard InChI is InChI=1S/C4Br4O/c5-1-2(6)4(7,8)3(1)9. The Morgan fingerprint density at radius 3 is 1.78 bits per heavy atom. The van der Waals surface area contributed by atoms with Crippen LogP contribution in [0.15, 0.2) is 8.96 Å². The molecule has 0 unspecified atom stereocenters. The van der Waals surface area contributed by atoms with E-state index >= 15 is 0 Å². The molecular formula is C4Br4O. The summed E-state index contributed by atoms with van der Waals surface area (Å²) in [5.41, 5.74) is 0. The molecule has 0 saturated heterocycles. The first-order valence-corrected chi connectivity index (χ1v) is 5.13. The zero-order valence-corrected chi connectivity index (χ0v) is 10.3. The van der Waals surface area contributed by atoms with E-state index in [2.05, 4.69) is 63.7 Å². The molecule has 5 heteroatoms.